The maximum absolute atomic E-state index is 14.5. The van der Waals surface area contributed by atoms with Crippen LogP contribution < -0.4 is 10.6 Å². The number of hydrogen-bond acceptors (Lipinski definition) is 2. The largest absolute Gasteiger partial charge is 0.363 e. The zero-order chi connectivity index (χ0) is 14.7. The van der Waals surface area contributed by atoms with E-state index in [0.717, 1.165) is 36.9 Å². The number of anilines is 1. The Balaban J connectivity index is 2.20. The molecule has 0 aromatic heterocycles. The van der Waals surface area contributed by atoms with E-state index in [2.05, 4.69) is 25.7 Å². The molecule has 1 fully saturated rings. The fraction of sp³-hybridized carbons (Fsp3) is 0.647. The molecule has 112 valence electrons. The van der Waals surface area contributed by atoms with Gasteiger partial charge >= 0.3 is 0 Å². The summed E-state index contributed by atoms with van der Waals surface area (Å²) in [4.78, 5) is 2.26. The van der Waals surface area contributed by atoms with Crippen LogP contribution in [0.1, 0.15) is 52.0 Å². The van der Waals surface area contributed by atoms with Crippen molar-refractivity contribution in [3.63, 3.8) is 0 Å². The highest BCUT2D eigenvalue weighted by molar-refractivity contribution is 5.52. The van der Waals surface area contributed by atoms with Gasteiger partial charge < -0.3 is 10.6 Å². The molecule has 1 aliphatic rings. The van der Waals surface area contributed by atoms with Crippen molar-refractivity contribution in [3.8, 4) is 0 Å². The maximum Gasteiger partial charge on any atom is 0.146 e. The first kappa shape index (κ1) is 15.3. The van der Waals surface area contributed by atoms with E-state index in [0.29, 0.717) is 12.1 Å². The molecule has 3 heteroatoms. The van der Waals surface area contributed by atoms with Crippen LogP contribution in [0.4, 0.5) is 10.1 Å². The van der Waals surface area contributed by atoms with Crippen LogP contribution in [0.2, 0.25) is 0 Å². The summed E-state index contributed by atoms with van der Waals surface area (Å²) in [7, 11) is 0. The van der Waals surface area contributed by atoms with Crippen LogP contribution >= 0.6 is 0 Å². The fourth-order valence-electron chi connectivity index (χ4n) is 3.24. The number of nitrogens with zero attached hydrogens (tertiary/aromatic N) is 1. The number of nitrogens with two attached hydrogens (primary N) is 1. The zero-order valence-electron chi connectivity index (χ0n) is 12.9. The van der Waals surface area contributed by atoms with E-state index in [4.69, 9.17) is 5.73 Å². The first-order valence-electron chi connectivity index (χ1n) is 7.89. The van der Waals surface area contributed by atoms with Gasteiger partial charge in [-0.1, -0.05) is 19.9 Å². The SMILES string of the molecule is CCC(N)Cc1ccc(N2C(C)CCC2CC)c(F)c1. The lowest BCUT2D eigenvalue weighted by Gasteiger charge is -2.31. The van der Waals surface area contributed by atoms with Gasteiger partial charge in [0.05, 0.1) is 5.69 Å². The number of hydrogen-bond donors (Lipinski definition) is 1. The van der Waals surface area contributed by atoms with E-state index < -0.39 is 0 Å². The Bertz CT molecular complexity index is 447. The van der Waals surface area contributed by atoms with Gasteiger partial charge in [-0.3, -0.25) is 0 Å². The second-order valence-corrected chi connectivity index (χ2v) is 6.05. The summed E-state index contributed by atoms with van der Waals surface area (Å²) >= 11 is 0. The van der Waals surface area contributed by atoms with Gasteiger partial charge in [0.2, 0.25) is 0 Å². The molecule has 1 heterocycles. The molecule has 20 heavy (non-hydrogen) atoms. The Morgan fingerprint density at radius 3 is 2.70 bits per heavy atom. The van der Waals surface area contributed by atoms with Crippen molar-refractivity contribution in [1.82, 2.24) is 0 Å². The van der Waals surface area contributed by atoms with Crippen molar-refractivity contribution in [2.45, 2.75) is 71.0 Å². The predicted molar refractivity (Wildman–Crippen MR) is 83.6 cm³/mol. The molecule has 2 N–H and O–H groups in total. The van der Waals surface area contributed by atoms with Gasteiger partial charge in [-0.2, -0.15) is 0 Å². The van der Waals surface area contributed by atoms with Crippen LogP contribution in [-0.4, -0.2) is 18.1 Å². The Morgan fingerprint density at radius 1 is 1.35 bits per heavy atom. The van der Waals surface area contributed by atoms with Crippen molar-refractivity contribution in [3.05, 3.63) is 29.6 Å². The Labute approximate surface area is 122 Å². The summed E-state index contributed by atoms with van der Waals surface area (Å²) in [6.45, 7) is 6.44. The van der Waals surface area contributed by atoms with Gasteiger partial charge in [-0.25, -0.2) is 4.39 Å². The summed E-state index contributed by atoms with van der Waals surface area (Å²) in [5, 5.41) is 0. The normalized spacial score (nSPS) is 24.1. The van der Waals surface area contributed by atoms with E-state index in [9.17, 15) is 4.39 Å². The zero-order valence-corrected chi connectivity index (χ0v) is 12.9. The lowest BCUT2D eigenvalue weighted by molar-refractivity contribution is 0.578. The van der Waals surface area contributed by atoms with E-state index in [-0.39, 0.29) is 11.9 Å². The molecule has 0 amide bonds. The van der Waals surface area contributed by atoms with Gasteiger partial charge in [-0.15, -0.1) is 0 Å². The highest BCUT2D eigenvalue weighted by Crippen LogP contribution is 2.34. The molecule has 3 atom stereocenters. The molecular weight excluding hydrogens is 251 g/mol. The van der Waals surface area contributed by atoms with Crippen molar-refractivity contribution in [2.24, 2.45) is 5.73 Å². The van der Waals surface area contributed by atoms with Crippen LogP contribution in [0, 0.1) is 5.82 Å². The summed E-state index contributed by atoms with van der Waals surface area (Å²) < 4.78 is 14.5. The van der Waals surface area contributed by atoms with E-state index >= 15 is 0 Å². The first-order valence-corrected chi connectivity index (χ1v) is 7.89. The minimum atomic E-state index is -0.0991. The fourth-order valence-corrected chi connectivity index (χ4v) is 3.24. The Kier molecular flexibility index (Phi) is 5.03. The van der Waals surface area contributed by atoms with Crippen molar-refractivity contribution in [2.75, 3.05) is 4.90 Å². The molecule has 3 unspecified atom stereocenters. The van der Waals surface area contributed by atoms with Crippen LogP contribution in [0.5, 0.6) is 0 Å². The van der Waals surface area contributed by atoms with E-state index in [1.807, 2.05) is 12.1 Å². The van der Waals surface area contributed by atoms with Gasteiger partial charge in [0.25, 0.3) is 0 Å². The smallest absolute Gasteiger partial charge is 0.146 e. The third-order valence-corrected chi connectivity index (χ3v) is 4.57. The molecule has 0 spiro atoms. The molecular formula is C17H27FN2. The lowest BCUT2D eigenvalue weighted by atomic mass is 10.0. The highest BCUT2D eigenvalue weighted by Gasteiger charge is 2.30. The quantitative estimate of drug-likeness (QED) is 0.886. The van der Waals surface area contributed by atoms with Crippen LogP contribution in [-0.2, 0) is 6.42 Å². The standard InChI is InChI=1S/C17H27FN2/c1-4-14(19)10-13-7-9-17(16(18)11-13)20-12(3)6-8-15(20)5-2/h7,9,11-12,14-15H,4-6,8,10,19H2,1-3H3. The Morgan fingerprint density at radius 2 is 2.10 bits per heavy atom. The van der Waals surface area contributed by atoms with Crippen molar-refractivity contribution in [1.29, 1.82) is 0 Å². The average molecular weight is 278 g/mol. The first-order chi connectivity index (χ1) is 9.56. The van der Waals surface area contributed by atoms with Crippen molar-refractivity contribution < 1.29 is 4.39 Å². The molecule has 1 aromatic carbocycles. The van der Waals surface area contributed by atoms with E-state index in [1.165, 1.54) is 6.42 Å². The number of halogens is 1. The molecule has 0 radical (unpaired) electrons. The monoisotopic (exact) mass is 278 g/mol. The lowest BCUT2D eigenvalue weighted by Crippen LogP contribution is -2.34. The molecule has 0 saturated carbocycles. The molecule has 1 aromatic rings. The van der Waals surface area contributed by atoms with Crippen LogP contribution in [0.25, 0.3) is 0 Å². The molecule has 2 rings (SSSR count). The predicted octanol–water partition coefficient (Wildman–Crippen LogP) is 3.87. The van der Waals surface area contributed by atoms with Crippen LogP contribution in [0.15, 0.2) is 18.2 Å². The minimum Gasteiger partial charge on any atom is -0.363 e. The maximum atomic E-state index is 14.5. The van der Waals surface area contributed by atoms with E-state index in [1.54, 1.807) is 6.07 Å². The highest BCUT2D eigenvalue weighted by atomic mass is 19.1. The molecule has 2 nitrogen and oxygen atoms in total. The molecule has 0 bridgehead atoms. The minimum absolute atomic E-state index is 0.0991. The van der Waals surface area contributed by atoms with Gasteiger partial charge in [-0.05, 0) is 56.7 Å². The Hall–Kier alpha value is -1.09. The van der Waals surface area contributed by atoms with Gasteiger partial charge in [0.1, 0.15) is 5.82 Å². The number of rotatable bonds is 5. The summed E-state index contributed by atoms with van der Waals surface area (Å²) in [6, 6.07) is 6.67. The third-order valence-electron chi connectivity index (χ3n) is 4.57. The summed E-state index contributed by atoms with van der Waals surface area (Å²) in [5.41, 5.74) is 7.71. The van der Waals surface area contributed by atoms with Crippen LogP contribution in [0.3, 0.4) is 0 Å². The average Bonchev–Trinajstić information content (AvgIpc) is 2.80. The summed E-state index contributed by atoms with van der Waals surface area (Å²) in [6.07, 6.45) is 5.07. The molecule has 1 saturated heterocycles. The topological polar surface area (TPSA) is 29.3 Å². The third kappa shape index (κ3) is 3.14. The second kappa shape index (κ2) is 6.57. The van der Waals surface area contributed by atoms with Gasteiger partial charge in [0.15, 0.2) is 0 Å². The molecule has 1 aliphatic heterocycles. The summed E-state index contributed by atoms with van der Waals surface area (Å²) in [5.74, 6) is -0.0991. The second-order valence-electron chi connectivity index (χ2n) is 6.05. The van der Waals surface area contributed by atoms with Gasteiger partial charge in [0, 0.05) is 18.1 Å². The van der Waals surface area contributed by atoms with Crippen molar-refractivity contribution >= 4 is 5.69 Å². The number of benzene rings is 1. The molecule has 0 aliphatic carbocycles.